The second-order valence-corrected chi connectivity index (χ2v) is 1.67. The number of carbonyl (C=O) groups is 1. The molecule has 0 aromatic heterocycles. The Bertz CT molecular complexity index is 57.5. The molecule has 0 radical (unpaired) electrons. The largest absolute Gasteiger partial charge is 0.397 e. The lowest BCUT2D eigenvalue weighted by Crippen LogP contribution is -1.85. The third-order valence-corrected chi connectivity index (χ3v) is 0.1000. The maximum absolute atomic E-state index is 9.44. The molecule has 0 amide bonds. The molecule has 0 saturated heterocycles. The van der Waals surface area contributed by atoms with Gasteiger partial charge in [-0.2, -0.15) is 0 Å². The summed E-state index contributed by atoms with van der Waals surface area (Å²) >= 11 is 0. The first-order valence-electron chi connectivity index (χ1n) is 3.36. The van der Waals surface area contributed by atoms with E-state index in [1.165, 1.54) is 13.8 Å². The Kier molecular flexibility index (Phi) is 34.8. The average molecular weight is 166 g/mol. The molecule has 3 N–H and O–H groups in total. The molecule has 11 heavy (non-hydrogen) atoms. The van der Waals surface area contributed by atoms with E-state index >= 15 is 0 Å². The predicted octanol–water partition coefficient (Wildman–Crippen LogP) is -0.435. The summed E-state index contributed by atoms with van der Waals surface area (Å²) in [6.07, 6.45) is 0. The van der Waals surface area contributed by atoms with Gasteiger partial charge in [-0.3, -0.25) is 0 Å². The van der Waals surface area contributed by atoms with Gasteiger partial charge in [-0.05, 0) is 20.8 Å². The van der Waals surface area contributed by atoms with Gasteiger partial charge in [0.1, 0.15) is 5.78 Å². The minimum Gasteiger partial charge on any atom is -0.397 e. The van der Waals surface area contributed by atoms with Gasteiger partial charge >= 0.3 is 0 Å². The Balaban J connectivity index is -0.0000000886. The zero-order valence-electron chi connectivity index (χ0n) is 7.37. The Labute approximate surface area is 67.5 Å². The third-order valence-electron chi connectivity index (χ3n) is 0.1000. The molecule has 0 heterocycles. The van der Waals surface area contributed by atoms with Crippen molar-refractivity contribution < 1.29 is 20.1 Å². The zero-order chi connectivity index (χ0) is 9.70. The quantitative estimate of drug-likeness (QED) is 0.493. The van der Waals surface area contributed by atoms with E-state index in [9.17, 15) is 4.79 Å². The standard InChI is InChI=1S/C3H6O.C2H6O2.C2H6O/c1-3(2)4;3-1-2-4;1-2-3/h1-2H3;3-4H,1-2H2;3H,2H2,1H3. The van der Waals surface area contributed by atoms with Crippen molar-refractivity contribution in [3.63, 3.8) is 0 Å². The fraction of sp³-hybridized carbons (Fsp3) is 0.857. The highest BCUT2D eigenvalue weighted by Crippen LogP contribution is 1.50. The van der Waals surface area contributed by atoms with Gasteiger partial charge in [0.25, 0.3) is 0 Å². The molecule has 4 nitrogen and oxygen atoms in total. The first-order chi connectivity index (χ1) is 5.06. The normalized spacial score (nSPS) is 6.73. The molecule has 0 spiro atoms. The van der Waals surface area contributed by atoms with Crippen molar-refractivity contribution >= 4 is 5.78 Å². The molecule has 0 bridgehead atoms. The lowest BCUT2D eigenvalue weighted by atomic mass is 10.6. The van der Waals surface area contributed by atoms with Crippen LogP contribution in [0.25, 0.3) is 0 Å². The molecular formula is C7H18O4. The highest BCUT2D eigenvalue weighted by Gasteiger charge is 1.62. The van der Waals surface area contributed by atoms with Gasteiger partial charge in [-0.1, -0.05) is 0 Å². The molecule has 70 valence electrons. The molecule has 0 rings (SSSR count). The number of hydrogen-bond donors (Lipinski definition) is 3. The van der Waals surface area contributed by atoms with Crippen LogP contribution in [-0.2, 0) is 4.79 Å². The van der Waals surface area contributed by atoms with Gasteiger partial charge in [-0.15, -0.1) is 0 Å². The fourth-order valence-corrected chi connectivity index (χ4v) is 0. The second-order valence-electron chi connectivity index (χ2n) is 1.67. The molecule has 0 atom stereocenters. The lowest BCUT2D eigenvalue weighted by Gasteiger charge is -1.70. The summed E-state index contributed by atoms with van der Waals surface area (Å²) in [5.41, 5.74) is 0. The summed E-state index contributed by atoms with van der Waals surface area (Å²) in [4.78, 5) is 9.44. The molecule has 4 heteroatoms. The Morgan fingerprint density at radius 2 is 1.18 bits per heavy atom. The van der Waals surface area contributed by atoms with Crippen molar-refractivity contribution in [1.82, 2.24) is 0 Å². The highest BCUT2D eigenvalue weighted by atomic mass is 16.3. The van der Waals surface area contributed by atoms with Crippen LogP contribution in [0, 0.1) is 0 Å². The van der Waals surface area contributed by atoms with E-state index in [0.29, 0.717) is 0 Å². The third kappa shape index (κ3) is 1800. The summed E-state index contributed by atoms with van der Waals surface area (Å²) in [5, 5.41) is 22.8. The van der Waals surface area contributed by atoms with Crippen molar-refractivity contribution in [3.8, 4) is 0 Å². The summed E-state index contributed by atoms with van der Waals surface area (Å²) in [6, 6.07) is 0. The number of rotatable bonds is 1. The summed E-state index contributed by atoms with van der Waals surface area (Å²) in [5.74, 6) is 0.167. The molecule has 0 aromatic carbocycles. The van der Waals surface area contributed by atoms with Crippen molar-refractivity contribution in [2.75, 3.05) is 19.8 Å². The molecule has 0 saturated carbocycles. The van der Waals surface area contributed by atoms with Gasteiger partial charge in [0.2, 0.25) is 0 Å². The van der Waals surface area contributed by atoms with E-state index in [2.05, 4.69) is 0 Å². The summed E-state index contributed by atoms with van der Waals surface area (Å²) < 4.78 is 0. The van der Waals surface area contributed by atoms with Crippen LogP contribution in [0.1, 0.15) is 20.8 Å². The van der Waals surface area contributed by atoms with Crippen molar-refractivity contribution in [3.05, 3.63) is 0 Å². The van der Waals surface area contributed by atoms with E-state index in [-0.39, 0.29) is 25.6 Å². The van der Waals surface area contributed by atoms with Crippen molar-refractivity contribution in [2.45, 2.75) is 20.8 Å². The van der Waals surface area contributed by atoms with Gasteiger partial charge in [-0.25, -0.2) is 0 Å². The van der Waals surface area contributed by atoms with E-state index in [0.717, 1.165) is 0 Å². The molecular weight excluding hydrogens is 148 g/mol. The van der Waals surface area contributed by atoms with Crippen LogP contribution < -0.4 is 0 Å². The van der Waals surface area contributed by atoms with Gasteiger partial charge in [0, 0.05) is 6.61 Å². The molecule has 0 aliphatic rings. The van der Waals surface area contributed by atoms with Gasteiger partial charge in [0.15, 0.2) is 0 Å². The monoisotopic (exact) mass is 166 g/mol. The number of aliphatic hydroxyl groups is 3. The van der Waals surface area contributed by atoms with Gasteiger partial charge < -0.3 is 20.1 Å². The van der Waals surface area contributed by atoms with E-state index in [1.54, 1.807) is 6.92 Å². The maximum Gasteiger partial charge on any atom is 0.126 e. The Hall–Kier alpha value is -0.450. The number of aliphatic hydroxyl groups excluding tert-OH is 3. The van der Waals surface area contributed by atoms with E-state index in [4.69, 9.17) is 15.3 Å². The molecule has 0 aliphatic carbocycles. The SMILES string of the molecule is CC(C)=O.CCO.OCCO. The smallest absolute Gasteiger partial charge is 0.126 e. The first kappa shape index (κ1) is 16.9. The lowest BCUT2D eigenvalue weighted by molar-refractivity contribution is -0.114. The Morgan fingerprint density at radius 1 is 1.09 bits per heavy atom. The van der Waals surface area contributed by atoms with Crippen LogP contribution in [0.2, 0.25) is 0 Å². The van der Waals surface area contributed by atoms with Crippen molar-refractivity contribution in [2.24, 2.45) is 0 Å². The second kappa shape index (κ2) is 22.7. The van der Waals surface area contributed by atoms with E-state index in [1.807, 2.05) is 0 Å². The van der Waals surface area contributed by atoms with Crippen LogP contribution in [0.3, 0.4) is 0 Å². The van der Waals surface area contributed by atoms with E-state index < -0.39 is 0 Å². The highest BCUT2D eigenvalue weighted by molar-refractivity contribution is 5.72. The predicted molar refractivity (Wildman–Crippen MR) is 43.3 cm³/mol. The minimum atomic E-state index is -0.125. The number of Topliss-reactive ketones (excluding diaryl/α,β-unsaturated/α-hetero) is 1. The molecule has 0 unspecified atom stereocenters. The topological polar surface area (TPSA) is 77.8 Å². The van der Waals surface area contributed by atoms with Crippen LogP contribution in [0.15, 0.2) is 0 Å². The zero-order valence-corrected chi connectivity index (χ0v) is 7.37. The van der Waals surface area contributed by atoms with Gasteiger partial charge in [0.05, 0.1) is 13.2 Å². The Morgan fingerprint density at radius 3 is 1.18 bits per heavy atom. The van der Waals surface area contributed by atoms with Crippen LogP contribution >= 0.6 is 0 Å². The van der Waals surface area contributed by atoms with Crippen LogP contribution in [-0.4, -0.2) is 40.9 Å². The first-order valence-corrected chi connectivity index (χ1v) is 3.36. The summed E-state index contributed by atoms with van der Waals surface area (Å²) in [7, 11) is 0. The van der Waals surface area contributed by atoms with Crippen LogP contribution in [0.4, 0.5) is 0 Å². The van der Waals surface area contributed by atoms with Crippen molar-refractivity contribution in [1.29, 1.82) is 0 Å². The summed E-state index contributed by atoms with van der Waals surface area (Å²) in [6.45, 7) is 4.74. The molecule has 0 fully saturated rings. The maximum atomic E-state index is 9.44. The number of ketones is 1. The molecule has 0 aromatic rings. The minimum absolute atomic E-state index is 0.125. The number of carbonyl (C=O) groups excluding carboxylic acids is 1. The number of hydrogen-bond acceptors (Lipinski definition) is 4. The van der Waals surface area contributed by atoms with Crippen LogP contribution in [0.5, 0.6) is 0 Å². The fourth-order valence-electron chi connectivity index (χ4n) is 0. The molecule has 0 aliphatic heterocycles. The average Bonchev–Trinajstić information content (AvgIpc) is 1.88.